The Balaban J connectivity index is 2.27. The Morgan fingerprint density at radius 1 is 1.20 bits per heavy atom. The van der Waals surface area contributed by atoms with Gasteiger partial charge in [-0.3, -0.25) is 4.79 Å². The van der Waals surface area contributed by atoms with E-state index in [1.165, 1.54) is 24.5 Å². The van der Waals surface area contributed by atoms with Gasteiger partial charge in [-0.15, -0.1) is 0 Å². The number of benzene rings is 1. The van der Waals surface area contributed by atoms with Crippen molar-refractivity contribution in [3.8, 4) is 0 Å². The molecule has 0 radical (unpaired) electrons. The number of hydrogen-bond acceptors (Lipinski definition) is 4. The van der Waals surface area contributed by atoms with Gasteiger partial charge in [-0.2, -0.15) is 0 Å². The van der Waals surface area contributed by atoms with Gasteiger partial charge in [-0.05, 0) is 43.7 Å². The fourth-order valence-electron chi connectivity index (χ4n) is 1.74. The number of carbonyl (C=O) groups excluding carboxylic acids is 1. The molecule has 20 heavy (non-hydrogen) atoms. The van der Waals surface area contributed by atoms with Crippen molar-refractivity contribution < 1.29 is 17.6 Å². The average molecular weight is 294 g/mol. The Morgan fingerprint density at radius 2 is 1.90 bits per heavy atom. The molecule has 0 atom stereocenters. The minimum atomic E-state index is -3.75. The molecule has 0 spiro atoms. The summed E-state index contributed by atoms with van der Waals surface area (Å²) in [5, 5.41) is 7.71. The number of nitrogens with two attached hydrogens (primary N) is 1. The SMILES string of the molecule is Cc1cc(S(N)(=O)=O)ccc1NC(=O)c1occc1C. The molecule has 7 heteroatoms. The fraction of sp³-hybridized carbons (Fsp3) is 0.154. The molecule has 0 aliphatic carbocycles. The second-order valence-electron chi connectivity index (χ2n) is 4.41. The van der Waals surface area contributed by atoms with Gasteiger partial charge >= 0.3 is 0 Å². The third kappa shape index (κ3) is 2.89. The number of hydrogen-bond donors (Lipinski definition) is 2. The molecule has 2 aromatic rings. The number of anilines is 1. The minimum Gasteiger partial charge on any atom is -0.459 e. The van der Waals surface area contributed by atoms with Crippen molar-refractivity contribution in [2.75, 3.05) is 5.32 Å². The number of amides is 1. The van der Waals surface area contributed by atoms with Crippen LogP contribution in [0.2, 0.25) is 0 Å². The van der Waals surface area contributed by atoms with Gasteiger partial charge in [-0.1, -0.05) is 0 Å². The van der Waals surface area contributed by atoms with Crippen LogP contribution in [0, 0.1) is 13.8 Å². The van der Waals surface area contributed by atoms with Crippen LogP contribution in [-0.2, 0) is 10.0 Å². The maximum atomic E-state index is 12.0. The number of aryl methyl sites for hydroxylation is 2. The number of primary sulfonamides is 1. The lowest BCUT2D eigenvalue weighted by Gasteiger charge is -2.09. The maximum absolute atomic E-state index is 12.0. The van der Waals surface area contributed by atoms with E-state index >= 15 is 0 Å². The number of nitrogens with one attached hydrogen (secondary N) is 1. The first-order chi connectivity index (χ1) is 9.29. The Kier molecular flexibility index (Phi) is 3.65. The topological polar surface area (TPSA) is 102 Å². The van der Waals surface area contributed by atoms with E-state index in [1.54, 1.807) is 19.9 Å². The first kappa shape index (κ1) is 14.3. The highest BCUT2D eigenvalue weighted by atomic mass is 32.2. The lowest BCUT2D eigenvalue weighted by atomic mass is 10.2. The van der Waals surface area contributed by atoms with Gasteiger partial charge in [0.15, 0.2) is 5.76 Å². The summed E-state index contributed by atoms with van der Waals surface area (Å²) in [6.45, 7) is 3.44. The summed E-state index contributed by atoms with van der Waals surface area (Å²) < 4.78 is 27.5. The van der Waals surface area contributed by atoms with Crippen molar-refractivity contribution in [2.24, 2.45) is 5.14 Å². The van der Waals surface area contributed by atoms with Crippen molar-refractivity contribution in [3.05, 3.63) is 47.4 Å². The zero-order valence-electron chi connectivity index (χ0n) is 11.0. The summed E-state index contributed by atoms with van der Waals surface area (Å²) >= 11 is 0. The molecule has 3 N–H and O–H groups in total. The van der Waals surface area contributed by atoms with Crippen LogP contribution in [0.5, 0.6) is 0 Å². The Morgan fingerprint density at radius 3 is 2.40 bits per heavy atom. The van der Waals surface area contributed by atoms with Gasteiger partial charge in [-0.25, -0.2) is 13.6 Å². The van der Waals surface area contributed by atoms with Crippen LogP contribution >= 0.6 is 0 Å². The van der Waals surface area contributed by atoms with Gasteiger partial charge in [0.25, 0.3) is 5.91 Å². The van der Waals surface area contributed by atoms with Gasteiger partial charge in [0, 0.05) is 11.3 Å². The molecule has 0 aliphatic rings. The smallest absolute Gasteiger partial charge is 0.291 e. The largest absolute Gasteiger partial charge is 0.459 e. The molecule has 1 amide bonds. The lowest BCUT2D eigenvalue weighted by Crippen LogP contribution is -2.15. The van der Waals surface area contributed by atoms with Gasteiger partial charge in [0.1, 0.15) is 0 Å². The van der Waals surface area contributed by atoms with Crippen LogP contribution in [0.25, 0.3) is 0 Å². The fourth-order valence-corrected chi connectivity index (χ4v) is 2.34. The van der Waals surface area contributed by atoms with Crippen molar-refractivity contribution in [3.63, 3.8) is 0 Å². The van der Waals surface area contributed by atoms with Gasteiger partial charge in [0.2, 0.25) is 10.0 Å². The quantitative estimate of drug-likeness (QED) is 0.900. The minimum absolute atomic E-state index is 0.00202. The highest BCUT2D eigenvalue weighted by molar-refractivity contribution is 7.89. The second kappa shape index (κ2) is 5.10. The van der Waals surface area contributed by atoms with Crippen LogP contribution < -0.4 is 10.5 Å². The Bertz CT molecular complexity index is 762. The number of furan rings is 1. The van der Waals surface area contributed by atoms with Gasteiger partial charge in [0.05, 0.1) is 11.2 Å². The number of rotatable bonds is 3. The molecule has 6 nitrogen and oxygen atoms in total. The van der Waals surface area contributed by atoms with E-state index < -0.39 is 10.0 Å². The highest BCUT2D eigenvalue weighted by Crippen LogP contribution is 2.20. The first-order valence-electron chi connectivity index (χ1n) is 5.78. The summed E-state index contributed by atoms with van der Waals surface area (Å²) in [6, 6.07) is 5.92. The summed E-state index contributed by atoms with van der Waals surface area (Å²) in [6.07, 6.45) is 1.43. The van der Waals surface area contributed by atoms with E-state index in [-0.39, 0.29) is 16.6 Å². The molecule has 0 saturated heterocycles. The highest BCUT2D eigenvalue weighted by Gasteiger charge is 2.15. The maximum Gasteiger partial charge on any atom is 0.291 e. The first-order valence-corrected chi connectivity index (χ1v) is 7.32. The molecular formula is C13H14N2O4S. The molecule has 0 saturated carbocycles. The summed E-state index contributed by atoms with van der Waals surface area (Å²) in [5.74, 6) is -0.168. The molecule has 0 aliphatic heterocycles. The summed E-state index contributed by atoms with van der Waals surface area (Å²) in [7, 11) is -3.75. The monoisotopic (exact) mass is 294 g/mol. The summed E-state index contributed by atoms with van der Waals surface area (Å²) in [4.78, 5) is 12.0. The summed E-state index contributed by atoms with van der Waals surface area (Å²) in [5.41, 5.74) is 1.81. The molecule has 0 unspecified atom stereocenters. The lowest BCUT2D eigenvalue weighted by molar-refractivity contribution is 0.0996. The van der Waals surface area contributed by atoms with E-state index in [0.29, 0.717) is 11.3 Å². The van der Waals surface area contributed by atoms with Crippen LogP contribution in [0.4, 0.5) is 5.69 Å². The molecule has 1 aromatic carbocycles. The normalized spacial score (nSPS) is 11.3. The van der Waals surface area contributed by atoms with E-state index in [4.69, 9.17) is 9.56 Å². The van der Waals surface area contributed by atoms with E-state index in [2.05, 4.69) is 5.32 Å². The van der Waals surface area contributed by atoms with Crippen LogP contribution in [0.1, 0.15) is 21.7 Å². The van der Waals surface area contributed by atoms with E-state index in [1.807, 2.05) is 0 Å². The zero-order chi connectivity index (χ0) is 14.9. The molecule has 0 bridgehead atoms. The van der Waals surface area contributed by atoms with Crippen molar-refractivity contribution in [2.45, 2.75) is 18.7 Å². The van der Waals surface area contributed by atoms with Crippen molar-refractivity contribution in [1.29, 1.82) is 0 Å². The second-order valence-corrected chi connectivity index (χ2v) is 5.97. The molecule has 1 heterocycles. The van der Waals surface area contributed by atoms with Crippen LogP contribution in [0.3, 0.4) is 0 Å². The average Bonchev–Trinajstić information content (AvgIpc) is 2.76. The Hall–Kier alpha value is -2.12. The van der Waals surface area contributed by atoms with Crippen LogP contribution in [-0.4, -0.2) is 14.3 Å². The zero-order valence-corrected chi connectivity index (χ0v) is 11.8. The van der Waals surface area contributed by atoms with Gasteiger partial charge < -0.3 is 9.73 Å². The Labute approximate surface area is 116 Å². The molecule has 106 valence electrons. The van der Waals surface area contributed by atoms with Crippen molar-refractivity contribution in [1.82, 2.24) is 0 Å². The standard InChI is InChI=1S/C13H14N2O4S/c1-8-5-6-19-12(8)13(16)15-11-4-3-10(7-9(11)2)20(14,17)18/h3-7H,1-2H3,(H,15,16)(H2,14,17,18). The third-order valence-electron chi connectivity index (χ3n) is 2.84. The molecular weight excluding hydrogens is 280 g/mol. The predicted octanol–water partition coefficient (Wildman–Crippen LogP) is 1.80. The third-order valence-corrected chi connectivity index (χ3v) is 3.75. The molecule has 0 fully saturated rings. The van der Waals surface area contributed by atoms with Crippen LogP contribution in [0.15, 0.2) is 39.8 Å². The predicted molar refractivity (Wildman–Crippen MR) is 74.0 cm³/mol. The van der Waals surface area contributed by atoms with E-state index in [9.17, 15) is 13.2 Å². The van der Waals surface area contributed by atoms with Crippen molar-refractivity contribution >= 4 is 21.6 Å². The van der Waals surface area contributed by atoms with E-state index in [0.717, 1.165) is 5.56 Å². The molecule has 2 rings (SSSR count). The number of carbonyl (C=O) groups is 1. The number of sulfonamides is 1. The molecule has 1 aromatic heterocycles.